The van der Waals surface area contributed by atoms with Crippen molar-refractivity contribution in [3.63, 3.8) is 0 Å². The van der Waals surface area contributed by atoms with Crippen LogP contribution in [0.2, 0.25) is 0 Å². The van der Waals surface area contributed by atoms with Crippen LogP contribution in [0, 0.1) is 0 Å². The fourth-order valence-corrected chi connectivity index (χ4v) is 0.612. The zero-order valence-corrected chi connectivity index (χ0v) is 5.46. The number of hydrogen-bond donors (Lipinski definition) is 0. The van der Waals surface area contributed by atoms with Crippen molar-refractivity contribution in [3.05, 3.63) is 36.0 Å². The first kappa shape index (κ1) is 7.50. The van der Waals surface area contributed by atoms with E-state index in [1.807, 2.05) is 0 Å². The lowest BCUT2D eigenvalue weighted by molar-refractivity contribution is 0.924. The van der Waals surface area contributed by atoms with Crippen LogP contribution in [0.5, 0.6) is 0 Å². The molecule has 0 spiro atoms. The second kappa shape index (κ2) is 2.72. The summed E-state index contributed by atoms with van der Waals surface area (Å²) < 4.78 is 12.7. The van der Waals surface area contributed by atoms with Gasteiger partial charge in [0.15, 0.2) is 0 Å². The molecule has 0 rings (SSSR count). The number of rotatable bonds is 3. The standard InChI is InChI=1S/C6H9FS/c1-4-8(7,5-2)6-3/h4-6H,1-3H2. The van der Waals surface area contributed by atoms with Crippen molar-refractivity contribution in [3.8, 4) is 0 Å². The van der Waals surface area contributed by atoms with E-state index in [4.69, 9.17) is 0 Å². The van der Waals surface area contributed by atoms with Crippen LogP contribution in [0.3, 0.4) is 0 Å². The Hall–Kier alpha value is -0.500. The summed E-state index contributed by atoms with van der Waals surface area (Å²) in [5.74, 6) is 0. The lowest BCUT2D eigenvalue weighted by Crippen LogP contribution is -1.70. The van der Waals surface area contributed by atoms with Gasteiger partial charge < -0.3 is 0 Å². The van der Waals surface area contributed by atoms with Crippen LogP contribution in [-0.2, 0) is 0 Å². The minimum atomic E-state index is -2.36. The van der Waals surface area contributed by atoms with Gasteiger partial charge in [0, 0.05) is 0 Å². The first-order valence-electron chi connectivity index (χ1n) is 2.09. The highest BCUT2D eigenvalue weighted by molar-refractivity contribution is 8.36. The van der Waals surface area contributed by atoms with Crippen molar-refractivity contribution in [1.29, 1.82) is 0 Å². The van der Waals surface area contributed by atoms with Crippen LogP contribution >= 0.6 is 10.4 Å². The fourth-order valence-electron chi connectivity index (χ4n) is 0.204. The second-order valence-corrected chi connectivity index (χ2v) is 3.53. The Labute approximate surface area is 51.0 Å². The molecule has 0 aromatic carbocycles. The third-order valence-electron chi connectivity index (χ3n) is 0.766. The van der Waals surface area contributed by atoms with Gasteiger partial charge in [-0.05, 0) is 26.6 Å². The van der Waals surface area contributed by atoms with E-state index in [2.05, 4.69) is 19.7 Å². The first-order chi connectivity index (χ1) is 3.68. The predicted molar refractivity (Wildman–Crippen MR) is 39.3 cm³/mol. The molecule has 0 saturated heterocycles. The Bertz CT molecular complexity index is 95.9. The minimum absolute atomic E-state index is 1.23. The van der Waals surface area contributed by atoms with Crippen molar-refractivity contribution >= 4 is 10.4 Å². The SMILES string of the molecule is C=CS(F)(C=C)C=C. The lowest BCUT2D eigenvalue weighted by Gasteiger charge is -2.14. The molecule has 0 aliphatic heterocycles. The van der Waals surface area contributed by atoms with E-state index < -0.39 is 10.4 Å². The zero-order valence-electron chi connectivity index (χ0n) is 4.64. The molecule has 0 saturated carbocycles. The quantitative estimate of drug-likeness (QED) is 0.553. The molecule has 0 heterocycles. The van der Waals surface area contributed by atoms with Crippen LogP contribution in [0.4, 0.5) is 3.89 Å². The average molecular weight is 132 g/mol. The highest BCUT2D eigenvalue weighted by Gasteiger charge is 2.05. The molecule has 8 heavy (non-hydrogen) atoms. The Morgan fingerprint density at radius 1 is 1.00 bits per heavy atom. The summed E-state index contributed by atoms with van der Waals surface area (Å²) in [4.78, 5) is 0. The van der Waals surface area contributed by atoms with Crippen molar-refractivity contribution < 1.29 is 3.89 Å². The van der Waals surface area contributed by atoms with Crippen LogP contribution < -0.4 is 0 Å². The van der Waals surface area contributed by atoms with Gasteiger partial charge in [-0.15, -0.1) is 0 Å². The summed E-state index contributed by atoms with van der Waals surface area (Å²) in [6.45, 7) is 9.88. The average Bonchev–Trinajstić information content (AvgIpc) is 1.87. The van der Waals surface area contributed by atoms with Crippen LogP contribution in [0.25, 0.3) is 0 Å². The summed E-state index contributed by atoms with van der Waals surface area (Å²) in [6, 6.07) is 0. The van der Waals surface area contributed by atoms with Crippen LogP contribution in [0.15, 0.2) is 36.0 Å². The highest BCUT2D eigenvalue weighted by atomic mass is 32.3. The van der Waals surface area contributed by atoms with Crippen molar-refractivity contribution in [2.45, 2.75) is 0 Å². The highest BCUT2D eigenvalue weighted by Crippen LogP contribution is 2.52. The molecule has 0 aliphatic rings. The molecule has 46 valence electrons. The second-order valence-electron chi connectivity index (χ2n) is 1.18. The van der Waals surface area contributed by atoms with E-state index in [0.717, 1.165) is 0 Å². The Morgan fingerprint density at radius 3 is 1.25 bits per heavy atom. The van der Waals surface area contributed by atoms with Gasteiger partial charge in [-0.1, -0.05) is 19.7 Å². The first-order valence-corrected chi connectivity index (χ1v) is 3.81. The molecule has 0 atom stereocenters. The topological polar surface area (TPSA) is 0 Å². The van der Waals surface area contributed by atoms with Crippen LogP contribution in [-0.4, -0.2) is 0 Å². The Balaban J connectivity index is 4.18. The third-order valence-corrected chi connectivity index (χ3v) is 2.30. The summed E-state index contributed by atoms with van der Waals surface area (Å²) in [6.07, 6.45) is 0. The van der Waals surface area contributed by atoms with Crippen molar-refractivity contribution in [2.24, 2.45) is 0 Å². The maximum absolute atomic E-state index is 12.7. The largest absolute Gasteiger partial charge is 0.177 e. The minimum Gasteiger partial charge on any atom is -0.177 e. The van der Waals surface area contributed by atoms with Gasteiger partial charge in [-0.3, -0.25) is 0 Å². The predicted octanol–water partition coefficient (Wildman–Crippen LogP) is 3.11. The van der Waals surface area contributed by atoms with Gasteiger partial charge in [0.05, 0.1) is 0 Å². The molecular weight excluding hydrogens is 123 g/mol. The maximum Gasteiger partial charge on any atom is -0.0184 e. The van der Waals surface area contributed by atoms with Gasteiger partial charge in [0.2, 0.25) is 0 Å². The van der Waals surface area contributed by atoms with E-state index in [0.29, 0.717) is 0 Å². The molecular formula is C6H9FS. The van der Waals surface area contributed by atoms with Gasteiger partial charge in [0.25, 0.3) is 0 Å². The summed E-state index contributed by atoms with van der Waals surface area (Å²) in [5.41, 5.74) is 0. The lowest BCUT2D eigenvalue weighted by atomic mass is 11.2. The monoisotopic (exact) mass is 132 g/mol. The molecule has 2 heteroatoms. The summed E-state index contributed by atoms with van der Waals surface area (Å²) in [5, 5.41) is 3.69. The molecule has 0 amide bonds. The smallest absolute Gasteiger partial charge is 0.0184 e. The van der Waals surface area contributed by atoms with E-state index in [1.54, 1.807) is 0 Å². The number of hydrogen-bond acceptors (Lipinski definition) is 0. The molecule has 0 aromatic rings. The summed E-state index contributed by atoms with van der Waals surface area (Å²) >= 11 is 0. The van der Waals surface area contributed by atoms with E-state index in [1.165, 1.54) is 16.2 Å². The van der Waals surface area contributed by atoms with E-state index in [-0.39, 0.29) is 0 Å². The Kier molecular flexibility index (Phi) is 2.55. The summed E-state index contributed by atoms with van der Waals surface area (Å²) in [7, 11) is -2.36. The van der Waals surface area contributed by atoms with Gasteiger partial charge in [-0.2, -0.15) is 3.89 Å². The van der Waals surface area contributed by atoms with E-state index in [9.17, 15) is 3.89 Å². The molecule has 0 N–H and O–H groups in total. The Morgan fingerprint density at radius 2 is 1.25 bits per heavy atom. The molecule has 0 aliphatic carbocycles. The van der Waals surface area contributed by atoms with Gasteiger partial charge in [0.1, 0.15) is 0 Å². The maximum atomic E-state index is 12.7. The third kappa shape index (κ3) is 1.54. The molecule has 0 bridgehead atoms. The molecule has 0 aromatic heterocycles. The van der Waals surface area contributed by atoms with Crippen molar-refractivity contribution in [2.75, 3.05) is 0 Å². The number of halogens is 1. The van der Waals surface area contributed by atoms with E-state index >= 15 is 0 Å². The molecule has 0 unspecified atom stereocenters. The van der Waals surface area contributed by atoms with Crippen molar-refractivity contribution in [1.82, 2.24) is 0 Å². The van der Waals surface area contributed by atoms with Gasteiger partial charge >= 0.3 is 0 Å². The fraction of sp³-hybridized carbons (Fsp3) is 0. The molecule has 0 radical (unpaired) electrons. The van der Waals surface area contributed by atoms with Gasteiger partial charge in [-0.25, -0.2) is 0 Å². The molecule has 0 nitrogen and oxygen atoms in total. The normalized spacial score (nSPS) is 12.1. The molecule has 0 fully saturated rings. The van der Waals surface area contributed by atoms with Crippen LogP contribution in [0.1, 0.15) is 0 Å². The zero-order chi connectivity index (χ0) is 6.62.